The van der Waals surface area contributed by atoms with Crippen LogP contribution in [-0.2, 0) is 19.9 Å². The van der Waals surface area contributed by atoms with E-state index < -0.39 is 17.6 Å². The van der Waals surface area contributed by atoms with Crippen LogP contribution in [0.5, 0.6) is 0 Å². The lowest BCUT2D eigenvalue weighted by atomic mass is 9.87. The van der Waals surface area contributed by atoms with Gasteiger partial charge in [0, 0.05) is 6.61 Å². The number of carboxylic acid groups (broad SMARTS) is 1. The van der Waals surface area contributed by atoms with Crippen LogP contribution in [0, 0.1) is 0 Å². The van der Waals surface area contributed by atoms with Gasteiger partial charge in [-0.25, -0.2) is 4.79 Å². The number of nitrogens with one attached hydrogen (secondary N) is 1. The first kappa shape index (κ1) is 14.5. The van der Waals surface area contributed by atoms with Gasteiger partial charge in [-0.3, -0.25) is 4.79 Å². The highest BCUT2D eigenvalue weighted by molar-refractivity contribution is 5.90. The number of carbonyl (C=O) groups excluding carboxylic acids is 1. The molecule has 1 aliphatic rings. The van der Waals surface area contributed by atoms with Crippen molar-refractivity contribution in [2.75, 3.05) is 6.61 Å². The number of hydrogen-bond donors (Lipinski definition) is 2. The zero-order valence-corrected chi connectivity index (χ0v) is 11.5. The van der Waals surface area contributed by atoms with E-state index in [2.05, 4.69) is 5.32 Å². The molecule has 1 fully saturated rings. The number of rotatable bonds is 5. The third-order valence-corrected chi connectivity index (χ3v) is 3.72. The minimum Gasteiger partial charge on any atom is -0.479 e. The Balaban J connectivity index is 2.27. The average molecular weight is 277 g/mol. The molecule has 5 nitrogen and oxygen atoms in total. The van der Waals surface area contributed by atoms with Crippen molar-refractivity contribution in [3.63, 3.8) is 0 Å². The smallest absolute Gasteiger partial charge is 0.334 e. The fourth-order valence-electron chi connectivity index (χ4n) is 2.49. The van der Waals surface area contributed by atoms with Crippen LogP contribution in [-0.4, -0.2) is 29.7 Å². The number of ether oxygens (including phenoxy) is 1. The highest BCUT2D eigenvalue weighted by Gasteiger charge is 2.42. The van der Waals surface area contributed by atoms with Gasteiger partial charge < -0.3 is 15.2 Å². The predicted molar refractivity (Wildman–Crippen MR) is 73.2 cm³/mol. The van der Waals surface area contributed by atoms with Gasteiger partial charge in [-0.1, -0.05) is 37.3 Å². The van der Waals surface area contributed by atoms with Gasteiger partial charge >= 0.3 is 5.97 Å². The minimum absolute atomic E-state index is 0.269. The lowest BCUT2D eigenvalue weighted by molar-refractivity contribution is -0.150. The van der Waals surface area contributed by atoms with Gasteiger partial charge in [0.1, 0.15) is 6.10 Å². The summed E-state index contributed by atoms with van der Waals surface area (Å²) in [5, 5.41) is 12.3. The van der Waals surface area contributed by atoms with Gasteiger partial charge in [-0.05, 0) is 24.8 Å². The van der Waals surface area contributed by atoms with Crippen LogP contribution in [0.2, 0.25) is 0 Å². The summed E-state index contributed by atoms with van der Waals surface area (Å²) in [6.45, 7) is 2.30. The molecule has 0 spiro atoms. The Morgan fingerprint density at radius 1 is 1.40 bits per heavy atom. The van der Waals surface area contributed by atoms with Crippen LogP contribution < -0.4 is 5.32 Å². The van der Waals surface area contributed by atoms with Crippen LogP contribution in [0.4, 0.5) is 0 Å². The number of amides is 1. The minimum atomic E-state index is -1.40. The number of aliphatic carboxylic acids is 1. The van der Waals surface area contributed by atoms with E-state index in [4.69, 9.17) is 4.74 Å². The van der Waals surface area contributed by atoms with Gasteiger partial charge in [-0.2, -0.15) is 0 Å². The summed E-state index contributed by atoms with van der Waals surface area (Å²) in [5.74, 6) is -1.41. The summed E-state index contributed by atoms with van der Waals surface area (Å²) >= 11 is 0. The number of carbonyl (C=O) groups is 2. The third kappa shape index (κ3) is 2.67. The van der Waals surface area contributed by atoms with E-state index in [1.165, 1.54) is 0 Å². The molecule has 5 heteroatoms. The summed E-state index contributed by atoms with van der Waals surface area (Å²) in [6.07, 6.45) is 1.20. The Bertz CT molecular complexity index is 482. The van der Waals surface area contributed by atoms with Gasteiger partial charge in [-0.15, -0.1) is 0 Å². The summed E-state index contributed by atoms with van der Waals surface area (Å²) in [4.78, 5) is 23.9. The molecule has 2 rings (SSSR count). The van der Waals surface area contributed by atoms with E-state index in [9.17, 15) is 14.7 Å². The SMILES string of the molecule is CCC(NC(=O)[C@@H]1CCCO1)(C(=O)O)c1ccccc1. The maximum absolute atomic E-state index is 12.2. The molecular weight excluding hydrogens is 258 g/mol. The van der Waals surface area contributed by atoms with E-state index in [1.54, 1.807) is 31.2 Å². The van der Waals surface area contributed by atoms with Gasteiger partial charge in [0.15, 0.2) is 5.54 Å². The number of hydrogen-bond acceptors (Lipinski definition) is 3. The second kappa shape index (κ2) is 6.05. The lowest BCUT2D eigenvalue weighted by Crippen LogP contribution is -2.54. The van der Waals surface area contributed by atoms with Crippen LogP contribution in [0.25, 0.3) is 0 Å². The van der Waals surface area contributed by atoms with E-state index in [1.807, 2.05) is 6.07 Å². The molecule has 1 aromatic rings. The topological polar surface area (TPSA) is 75.6 Å². The Hall–Kier alpha value is -1.88. The lowest BCUT2D eigenvalue weighted by Gasteiger charge is -2.31. The van der Waals surface area contributed by atoms with E-state index >= 15 is 0 Å². The Kier molecular flexibility index (Phi) is 4.39. The summed E-state index contributed by atoms with van der Waals surface area (Å²) in [6, 6.07) is 8.77. The maximum atomic E-state index is 12.2. The zero-order valence-electron chi connectivity index (χ0n) is 11.5. The Labute approximate surface area is 117 Å². The maximum Gasteiger partial charge on any atom is 0.334 e. The van der Waals surface area contributed by atoms with Crippen LogP contribution in [0.3, 0.4) is 0 Å². The van der Waals surface area contributed by atoms with Crippen LogP contribution >= 0.6 is 0 Å². The number of benzene rings is 1. The van der Waals surface area contributed by atoms with Crippen molar-refractivity contribution in [1.29, 1.82) is 0 Å². The second-order valence-corrected chi connectivity index (χ2v) is 4.92. The molecule has 0 aliphatic carbocycles. The van der Waals surface area contributed by atoms with Gasteiger partial charge in [0.2, 0.25) is 5.91 Å². The predicted octanol–water partition coefficient (Wildman–Crippen LogP) is 1.67. The van der Waals surface area contributed by atoms with E-state index in [-0.39, 0.29) is 12.3 Å². The fraction of sp³-hybridized carbons (Fsp3) is 0.467. The Morgan fingerprint density at radius 3 is 2.60 bits per heavy atom. The molecule has 1 aromatic carbocycles. The Morgan fingerprint density at radius 2 is 2.10 bits per heavy atom. The molecule has 0 bridgehead atoms. The highest BCUT2D eigenvalue weighted by atomic mass is 16.5. The van der Waals surface area contributed by atoms with Crippen molar-refractivity contribution in [3.05, 3.63) is 35.9 Å². The summed E-state index contributed by atoms with van der Waals surface area (Å²) < 4.78 is 5.32. The first-order valence-electron chi connectivity index (χ1n) is 6.82. The fourth-order valence-corrected chi connectivity index (χ4v) is 2.49. The molecule has 1 aliphatic heterocycles. The highest BCUT2D eigenvalue weighted by Crippen LogP contribution is 2.26. The standard InChI is InChI=1S/C15H19NO4/c1-2-15(14(18)19,11-7-4-3-5-8-11)16-13(17)12-9-6-10-20-12/h3-5,7-8,12H,2,6,9-10H2,1H3,(H,16,17)(H,18,19)/t12-,15?/m0/s1. The monoisotopic (exact) mass is 277 g/mol. The molecule has 1 saturated heterocycles. The number of carboxylic acids is 1. The van der Waals surface area contributed by atoms with Crippen molar-refractivity contribution in [2.24, 2.45) is 0 Å². The molecule has 20 heavy (non-hydrogen) atoms. The first-order chi connectivity index (χ1) is 9.60. The van der Waals surface area contributed by atoms with Gasteiger partial charge in [0.05, 0.1) is 0 Å². The van der Waals surface area contributed by atoms with Crippen molar-refractivity contribution < 1.29 is 19.4 Å². The first-order valence-corrected chi connectivity index (χ1v) is 6.82. The van der Waals surface area contributed by atoms with Crippen molar-refractivity contribution >= 4 is 11.9 Å². The molecule has 0 saturated carbocycles. The molecule has 2 N–H and O–H groups in total. The summed E-state index contributed by atoms with van der Waals surface area (Å²) in [7, 11) is 0. The van der Waals surface area contributed by atoms with Crippen molar-refractivity contribution in [1.82, 2.24) is 5.32 Å². The quantitative estimate of drug-likeness (QED) is 0.858. The second-order valence-electron chi connectivity index (χ2n) is 4.92. The summed E-state index contributed by atoms with van der Waals surface area (Å²) in [5.41, 5.74) is -0.828. The molecule has 0 radical (unpaired) electrons. The normalized spacial score (nSPS) is 21.1. The average Bonchev–Trinajstić information content (AvgIpc) is 2.99. The zero-order chi connectivity index (χ0) is 14.6. The van der Waals surface area contributed by atoms with Crippen molar-refractivity contribution in [2.45, 2.75) is 37.8 Å². The molecule has 0 aromatic heterocycles. The van der Waals surface area contributed by atoms with Crippen LogP contribution in [0.1, 0.15) is 31.7 Å². The largest absolute Gasteiger partial charge is 0.479 e. The molecular formula is C15H19NO4. The van der Waals surface area contributed by atoms with E-state index in [0.29, 0.717) is 18.6 Å². The van der Waals surface area contributed by atoms with Gasteiger partial charge in [0.25, 0.3) is 0 Å². The van der Waals surface area contributed by atoms with Crippen LogP contribution in [0.15, 0.2) is 30.3 Å². The van der Waals surface area contributed by atoms with Crippen molar-refractivity contribution in [3.8, 4) is 0 Å². The van der Waals surface area contributed by atoms with E-state index in [0.717, 1.165) is 6.42 Å². The molecule has 1 heterocycles. The molecule has 2 atom stereocenters. The molecule has 1 unspecified atom stereocenters. The molecule has 1 amide bonds. The molecule has 108 valence electrons. The third-order valence-electron chi connectivity index (χ3n) is 3.72.